The molecule has 0 unspecified atom stereocenters. The quantitative estimate of drug-likeness (QED) is 0.189. The number of aryl methyl sites for hydroxylation is 1. The standard InChI is InChI=1S/C27H31N3O7/c1-17(2)37-22-9-6-20(16-18(22)3)25(31)23-24(19-4-7-21(8-5-19)30(34)35)29(27(33)26(23)32)11-10-28-12-14-36-15-13-28/h4-9,16-17,24,31H,10-15H2,1-3H3/t24-/m1/s1. The number of ketones is 1. The summed E-state index contributed by atoms with van der Waals surface area (Å²) in [6.45, 7) is 9.08. The highest BCUT2D eigenvalue weighted by Gasteiger charge is 2.46. The van der Waals surface area contributed by atoms with Crippen molar-refractivity contribution in [2.75, 3.05) is 39.4 Å². The Morgan fingerprint density at radius 1 is 1.14 bits per heavy atom. The van der Waals surface area contributed by atoms with E-state index in [1.807, 2.05) is 20.8 Å². The fraction of sp³-hybridized carbons (Fsp3) is 0.407. The number of hydrogen-bond donors (Lipinski definition) is 1. The van der Waals surface area contributed by atoms with E-state index in [0.717, 1.165) is 18.7 Å². The van der Waals surface area contributed by atoms with Crippen LogP contribution in [0, 0.1) is 17.0 Å². The predicted octanol–water partition coefficient (Wildman–Crippen LogP) is 3.44. The number of nitro benzene ring substituents is 1. The molecule has 1 N–H and O–H groups in total. The number of carbonyl (C=O) groups excluding carboxylic acids is 2. The van der Waals surface area contributed by atoms with Crippen molar-refractivity contribution in [3.63, 3.8) is 0 Å². The smallest absolute Gasteiger partial charge is 0.295 e. The van der Waals surface area contributed by atoms with Crippen molar-refractivity contribution >= 4 is 23.1 Å². The molecule has 37 heavy (non-hydrogen) atoms. The Morgan fingerprint density at radius 2 is 1.81 bits per heavy atom. The average molecular weight is 510 g/mol. The number of nitrogens with zero attached hydrogens (tertiary/aromatic N) is 3. The molecule has 0 bridgehead atoms. The molecule has 0 saturated carbocycles. The Balaban J connectivity index is 1.74. The molecule has 0 radical (unpaired) electrons. The van der Waals surface area contributed by atoms with Crippen molar-refractivity contribution in [1.82, 2.24) is 9.80 Å². The monoisotopic (exact) mass is 509 g/mol. The molecule has 2 fully saturated rings. The minimum absolute atomic E-state index is 0.0305. The second kappa shape index (κ2) is 11.1. The van der Waals surface area contributed by atoms with Crippen molar-refractivity contribution < 1.29 is 29.1 Å². The lowest BCUT2D eigenvalue weighted by molar-refractivity contribution is -0.384. The first-order valence-electron chi connectivity index (χ1n) is 12.3. The molecular formula is C27H31N3O7. The predicted molar refractivity (Wildman–Crippen MR) is 136 cm³/mol. The van der Waals surface area contributed by atoms with Gasteiger partial charge in [0.2, 0.25) is 0 Å². The summed E-state index contributed by atoms with van der Waals surface area (Å²) in [4.78, 5) is 40.7. The zero-order chi connectivity index (χ0) is 26.7. The molecule has 2 heterocycles. The van der Waals surface area contributed by atoms with Crippen LogP contribution in [0.2, 0.25) is 0 Å². The fourth-order valence-electron chi connectivity index (χ4n) is 4.65. The maximum atomic E-state index is 13.3. The molecule has 2 aliphatic heterocycles. The van der Waals surface area contributed by atoms with Crippen LogP contribution in [0.1, 0.15) is 36.6 Å². The highest BCUT2D eigenvalue weighted by atomic mass is 16.6. The van der Waals surface area contributed by atoms with Crippen LogP contribution >= 0.6 is 0 Å². The van der Waals surface area contributed by atoms with Crippen molar-refractivity contribution in [2.45, 2.75) is 32.9 Å². The topological polar surface area (TPSA) is 122 Å². The van der Waals surface area contributed by atoms with Crippen molar-refractivity contribution in [2.24, 2.45) is 0 Å². The summed E-state index contributed by atoms with van der Waals surface area (Å²) < 4.78 is 11.2. The molecule has 1 amide bonds. The van der Waals surface area contributed by atoms with Crippen molar-refractivity contribution in [1.29, 1.82) is 0 Å². The fourth-order valence-corrected chi connectivity index (χ4v) is 4.65. The first kappa shape index (κ1) is 26.3. The number of aliphatic hydroxyl groups excluding tert-OH is 1. The maximum absolute atomic E-state index is 13.3. The maximum Gasteiger partial charge on any atom is 0.295 e. The number of likely N-dealkylation sites (tertiary alicyclic amines) is 1. The van der Waals surface area contributed by atoms with E-state index in [-0.39, 0.29) is 29.7 Å². The van der Waals surface area contributed by atoms with E-state index in [2.05, 4.69) is 4.90 Å². The van der Waals surface area contributed by atoms with E-state index in [9.17, 15) is 24.8 Å². The van der Waals surface area contributed by atoms with Crippen LogP contribution in [0.15, 0.2) is 48.0 Å². The van der Waals surface area contributed by atoms with Gasteiger partial charge in [-0.2, -0.15) is 0 Å². The van der Waals surface area contributed by atoms with Crippen LogP contribution in [0.3, 0.4) is 0 Å². The number of amides is 1. The van der Waals surface area contributed by atoms with Gasteiger partial charge < -0.3 is 19.5 Å². The molecule has 2 saturated heterocycles. The molecular weight excluding hydrogens is 478 g/mol. The van der Waals surface area contributed by atoms with Gasteiger partial charge in [0.15, 0.2) is 0 Å². The Labute approximate surface area is 215 Å². The molecule has 2 aromatic rings. The molecule has 10 heteroatoms. The highest BCUT2D eigenvalue weighted by molar-refractivity contribution is 6.46. The van der Waals surface area contributed by atoms with Gasteiger partial charge in [-0.3, -0.25) is 24.6 Å². The lowest BCUT2D eigenvalue weighted by Crippen LogP contribution is -2.42. The summed E-state index contributed by atoms with van der Waals surface area (Å²) in [5.41, 5.74) is 1.51. The largest absolute Gasteiger partial charge is 0.507 e. The van der Waals surface area contributed by atoms with Gasteiger partial charge in [-0.15, -0.1) is 0 Å². The van der Waals surface area contributed by atoms with Gasteiger partial charge in [0.25, 0.3) is 17.4 Å². The van der Waals surface area contributed by atoms with Gasteiger partial charge in [-0.25, -0.2) is 0 Å². The molecule has 0 aliphatic carbocycles. The summed E-state index contributed by atoms with van der Waals surface area (Å²) in [6, 6.07) is 9.91. The number of benzene rings is 2. The van der Waals surface area contributed by atoms with Gasteiger partial charge in [-0.05, 0) is 62.2 Å². The molecule has 1 atom stereocenters. The van der Waals surface area contributed by atoms with E-state index in [4.69, 9.17) is 9.47 Å². The molecule has 0 spiro atoms. The third-order valence-corrected chi connectivity index (χ3v) is 6.53. The molecule has 0 aromatic heterocycles. The summed E-state index contributed by atoms with van der Waals surface area (Å²) in [5.74, 6) is -1.14. The van der Waals surface area contributed by atoms with Gasteiger partial charge in [-0.1, -0.05) is 0 Å². The number of nitro groups is 1. The molecule has 10 nitrogen and oxygen atoms in total. The summed E-state index contributed by atoms with van der Waals surface area (Å²) in [5, 5.41) is 22.5. The average Bonchev–Trinajstić information content (AvgIpc) is 3.13. The second-order valence-corrected chi connectivity index (χ2v) is 9.44. The number of hydrogen-bond acceptors (Lipinski definition) is 8. The number of rotatable bonds is 8. The van der Waals surface area contributed by atoms with E-state index in [1.54, 1.807) is 18.2 Å². The lowest BCUT2D eigenvalue weighted by atomic mass is 9.94. The van der Waals surface area contributed by atoms with E-state index in [0.29, 0.717) is 36.6 Å². The third-order valence-electron chi connectivity index (χ3n) is 6.53. The minimum Gasteiger partial charge on any atom is -0.507 e. The first-order chi connectivity index (χ1) is 17.7. The van der Waals surface area contributed by atoms with Crippen LogP contribution in [0.4, 0.5) is 5.69 Å². The van der Waals surface area contributed by atoms with Crippen molar-refractivity contribution in [3.05, 3.63) is 74.8 Å². The van der Waals surface area contributed by atoms with Gasteiger partial charge in [0, 0.05) is 43.9 Å². The van der Waals surface area contributed by atoms with E-state index >= 15 is 0 Å². The van der Waals surface area contributed by atoms with Gasteiger partial charge >= 0.3 is 0 Å². The number of ether oxygens (including phenoxy) is 2. The first-order valence-corrected chi connectivity index (χ1v) is 12.3. The van der Waals surface area contributed by atoms with E-state index < -0.39 is 22.7 Å². The van der Waals surface area contributed by atoms with Crippen LogP contribution in [0.25, 0.3) is 5.76 Å². The molecule has 2 aromatic carbocycles. The van der Waals surface area contributed by atoms with Gasteiger partial charge in [0.05, 0.1) is 35.9 Å². The van der Waals surface area contributed by atoms with Crippen LogP contribution < -0.4 is 4.74 Å². The number of carbonyl (C=O) groups is 2. The SMILES string of the molecule is Cc1cc(C(O)=C2C(=O)C(=O)N(CCN3CCOCC3)[C@@H]2c2ccc([N+](=O)[O-])cc2)ccc1OC(C)C. The Kier molecular flexibility index (Phi) is 7.89. The minimum atomic E-state index is -0.881. The summed E-state index contributed by atoms with van der Waals surface area (Å²) >= 11 is 0. The Hall–Kier alpha value is -3.76. The number of aliphatic hydroxyl groups is 1. The Morgan fingerprint density at radius 3 is 2.41 bits per heavy atom. The molecule has 4 rings (SSSR count). The zero-order valence-corrected chi connectivity index (χ0v) is 21.2. The van der Waals surface area contributed by atoms with Crippen LogP contribution in [0.5, 0.6) is 5.75 Å². The summed E-state index contributed by atoms with van der Waals surface area (Å²) in [7, 11) is 0. The van der Waals surface area contributed by atoms with Crippen molar-refractivity contribution in [3.8, 4) is 5.75 Å². The van der Waals surface area contributed by atoms with Crippen LogP contribution in [-0.2, 0) is 14.3 Å². The third kappa shape index (κ3) is 5.65. The Bertz CT molecular complexity index is 1220. The normalized spacial score (nSPS) is 20.0. The zero-order valence-electron chi connectivity index (χ0n) is 21.2. The number of Topliss-reactive ketones (excluding diaryl/α,β-unsaturated/α-hetero) is 1. The number of non-ortho nitro benzene ring substituents is 1. The second-order valence-electron chi connectivity index (χ2n) is 9.44. The van der Waals surface area contributed by atoms with Crippen LogP contribution in [-0.4, -0.2) is 77.0 Å². The summed E-state index contributed by atoms with van der Waals surface area (Å²) in [6.07, 6.45) is -0.0305. The molecule has 196 valence electrons. The lowest BCUT2D eigenvalue weighted by Gasteiger charge is -2.31. The number of morpholine rings is 1. The highest BCUT2D eigenvalue weighted by Crippen LogP contribution is 2.40. The van der Waals surface area contributed by atoms with E-state index in [1.165, 1.54) is 29.2 Å². The molecule has 2 aliphatic rings. The van der Waals surface area contributed by atoms with Gasteiger partial charge in [0.1, 0.15) is 11.5 Å².